The Kier molecular flexibility index (Phi) is 4.46. The van der Waals surface area contributed by atoms with Crippen LogP contribution in [0, 0.1) is 23.0 Å². The molecule has 2 aromatic rings. The van der Waals surface area contributed by atoms with Gasteiger partial charge in [-0.2, -0.15) is 5.26 Å². The van der Waals surface area contributed by atoms with Gasteiger partial charge in [0.05, 0.1) is 5.69 Å². The summed E-state index contributed by atoms with van der Waals surface area (Å²) >= 11 is 0. The van der Waals surface area contributed by atoms with E-state index < -0.39 is 17.5 Å². The molecule has 0 saturated carbocycles. The van der Waals surface area contributed by atoms with Gasteiger partial charge < -0.3 is 10.1 Å². The van der Waals surface area contributed by atoms with Crippen LogP contribution in [0.1, 0.15) is 10.4 Å². The number of carbonyl (C=O) groups excluding carboxylic acids is 1. The van der Waals surface area contributed by atoms with E-state index in [0.717, 1.165) is 12.1 Å². The maximum atomic E-state index is 13.1. The first-order chi connectivity index (χ1) is 10.1. The molecular formula is C15H10F2N2O2. The lowest BCUT2D eigenvalue weighted by atomic mass is 10.2. The third-order valence-corrected chi connectivity index (χ3v) is 2.55. The van der Waals surface area contributed by atoms with Crippen molar-refractivity contribution in [1.29, 1.82) is 5.26 Å². The van der Waals surface area contributed by atoms with Gasteiger partial charge in [0.1, 0.15) is 23.5 Å². The Hall–Kier alpha value is -2.94. The van der Waals surface area contributed by atoms with E-state index in [0.29, 0.717) is 17.5 Å². The molecule has 0 bridgehead atoms. The molecule has 2 rings (SSSR count). The Balaban J connectivity index is 2.21. The minimum Gasteiger partial charge on any atom is -0.477 e. The Labute approximate surface area is 119 Å². The highest BCUT2D eigenvalue weighted by Crippen LogP contribution is 2.24. The lowest BCUT2D eigenvalue weighted by molar-refractivity contribution is 0.102. The molecule has 0 aliphatic heterocycles. The molecule has 0 spiro atoms. The predicted octanol–water partition coefficient (Wildman–Crippen LogP) is 3.12. The molecule has 0 atom stereocenters. The van der Waals surface area contributed by atoms with Crippen molar-refractivity contribution >= 4 is 11.6 Å². The van der Waals surface area contributed by atoms with Crippen LogP contribution in [0.5, 0.6) is 5.75 Å². The molecule has 2 aromatic carbocycles. The summed E-state index contributed by atoms with van der Waals surface area (Å²) in [6.45, 7) is -0.179. The van der Waals surface area contributed by atoms with Crippen molar-refractivity contribution in [3.63, 3.8) is 0 Å². The van der Waals surface area contributed by atoms with E-state index in [9.17, 15) is 13.6 Å². The van der Waals surface area contributed by atoms with Crippen LogP contribution in [0.15, 0.2) is 42.5 Å². The van der Waals surface area contributed by atoms with Crippen LogP contribution in [0.25, 0.3) is 0 Å². The van der Waals surface area contributed by atoms with E-state index in [1.54, 1.807) is 24.3 Å². The third kappa shape index (κ3) is 3.76. The molecule has 106 valence electrons. The van der Waals surface area contributed by atoms with Crippen molar-refractivity contribution in [3.8, 4) is 11.8 Å². The maximum Gasteiger partial charge on any atom is 0.255 e. The van der Waals surface area contributed by atoms with Gasteiger partial charge in [-0.1, -0.05) is 12.1 Å². The quantitative estimate of drug-likeness (QED) is 0.940. The smallest absolute Gasteiger partial charge is 0.255 e. The monoisotopic (exact) mass is 288 g/mol. The lowest BCUT2D eigenvalue weighted by Gasteiger charge is -2.10. The Morgan fingerprint density at radius 3 is 2.52 bits per heavy atom. The molecule has 0 radical (unpaired) electrons. The van der Waals surface area contributed by atoms with Gasteiger partial charge >= 0.3 is 0 Å². The molecule has 0 heterocycles. The number of hydrogen-bond acceptors (Lipinski definition) is 3. The summed E-state index contributed by atoms with van der Waals surface area (Å²) in [7, 11) is 0. The van der Waals surface area contributed by atoms with E-state index in [1.165, 1.54) is 0 Å². The number of hydrogen-bond donors (Lipinski definition) is 1. The zero-order valence-electron chi connectivity index (χ0n) is 10.8. The van der Waals surface area contributed by atoms with Crippen LogP contribution in [0.4, 0.5) is 14.5 Å². The van der Waals surface area contributed by atoms with Gasteiger partial charge in [0.2, 0.25) is 0 Å². The number of nitriles is 1. The van der Waals surface area contributed by atoms with Gasteiger partial charge in [0.15, 0.2) is 6.61 Å². The third-order valence-electron chi connectivity index (χ3n) is 2.55. The van der Waals surface area contributed by atoms with Gasteiger partial charge in [-0.3, -0.25) is 4.79 Å². The van der Waals surface area contributed by atoms with E-state index in [4.69, 9.17) is 10.00 Å². The SMILES string of the molecule is N#CCOc1ccccc1NC(=O)c1cc(F)cc(F)c1. The molecule has 4 nitrogen and oxygen atoms in total. The number of nitrogens with one attached hydrogen (secondary N) is 1. The van der Waals surface area contributed by atoms with Crippen molar-refractivity contribution in [2.75, 3.05) is 11.9 Å². The number of rotatable bonds is 4. The number of para-hydroxylation sites is 2. The molecular weight excluding hydrogens is 278 g/mol. The predicted molar refractivity (Wildman–Crippen MR) is 71.9 cm³/mol. The van der Waals surface area contributed by atoms with Crippen LogP contribution in [0.3, 0.4) is 0 Å². The van der Waals surface area contributed by atoms with Crippen LogP contribution in [0.2, 0.25) is 0 Å². The number of anilines is 1. The Morgan fingerprint density at radius 1 is 1.19 bits per heavy atom. The molecule has 21 heavy (non-hydrogen) atoms. The fourth-order valence-corrected chi connectivity index (χ4v) is 1.69. The average Bonchev–Trinajstić information content (AvgIpc) is 2.45. The van der Waals surface area contributed by atoms with Crippen molar-refractivity contribution < 1.29 is 18.3 Å². The van der Waals surface area contributed by atoms with Crippen molar-refractivity contribution in [3.05, 3.63) is 59.7 Å². The molecule has 1 amide bonds. The minimum atomic E-state index is -0.839. The highest BCUT2D eigenvalue weighted by Gasteiger charge is 2.12. The van der Waals surface area contributed by atoms with Gasteiger partial charge in [-0.05, 0) is 24.3 Å². The summed E-state index contributed by atoms with van der Waals surface area (Å²) in [4.78, 5) is 12.0. The second-order valence-electron chi connectivity index (χ2n) is 4.06. The van der Waals surface area contributed by atoms with Crippen molar-refractivity contribution in [1.82, 2.24) is 0 Å². The minimum absolute atomic E-state index is 0.150. The topological polar surface area (TPSA) is 62.1 Å². The van der Waals surface area contributed by atoms with Crippen LogP contribution < -0.4 is 10.1 Å². The zero-order chi connectivity index (χ0) is 15.2. The van der Waals surface area contributed by atoms with Crippen molar-refractivity contribution in [2.24, 2.45) is 0 Å². The second kappa shape index (κ2) is 6.48. The first-order valence-corrected chi connectivity index (χ1v) is 5.96. The molecule has 6 heteroatoms. The van der Waals surface area contributed by atoms with Gasteiger partial charge in [0.25, 0.3) is 5.91 Å². The van der Waals surface area contributed by atoms with E-state index in [2.05, 4.69) is 5.32 Å². The number of carbonyl (C=O) groups is 1. The fourth-order valence-electron chi connectivity index (χ4n) is 1.69. The van der Waals surface area contributed by atoms with E-state index >= 15 is 0 Å². The highest BCUT2D eigenvalue weighted by atomic mass is 19.1. The fraction of sp³-hybridized carbons (Fsp3) is 0.0667. The first kappa shape index (κ1) is 14.5. The van der Waals surface area contributed by atoms with Gasteiger partial charge in [-0.15, -0.1) is 0 Å². The summed E-state index contributed by atoms with van der Waals surface area (Å²) in [5.74, 6) is -2.06. The maximum absolute atomic E-state index is 13.1. The second-order valence-corrected chi connectivity index (χ2v) is 4.06. The van der Waals surface area contributed by atoms with Crippen LogP contribution in [-0.4, -0.2) is 12.5 Å². The standard InChI is InChI=1S/C15H10F2N2O2/c16-11-7-10(8-12(17)9-11)15(20)19-13-3-1-2-4-14(13)21-6-5-18/h1-4,7-9H,6H2,(H,19,20). The summed E-state index contributed by atoms with van der Waals surface area (Å²) in [6.07, 6.45) is 0. The largest absolute Gasteiger partial charge is 0.477 e. The van der Waals surface area contributed by atoms with Gasteiger partial charge in [0, 0.05) is 11.6 Å². The molecule has 0 aromatic heterocycles. The summed E-state index contributed by atoms with van der Waals surface area (Å²) in [5.41, 5.74) is 0.157. The lowest BCUT2D eigenvalue weighted by Crippen LogP contribution is -2.13. The normalized spacial score (nSPS) is 9.76. The number of nitrogens with zero attached hydrogens (tertiary/aromatic N) is 1. The van der Waals surface area contributed by atoms with Crippen LogP contribution in [-0.2, 0) is 0 Å². The summed E-state index contributed by atoms with van der Waals surface area (Å²) in [6, 6.07) is 10.8. The number of benzene rings is 2. The van der Waals surface area contributed by atoms with Crippen LogP contribution >= 0.6 is 0 Å². The molecule has 0 aliphatic rings. The summed E-state index contributed by atoms with van der Waals surface area (Å²) in [5, 5.41) is 11.0. The molecule has 0 saturated heterocycles. The van der Waals surface area contributed by atoms with Gasteiger partial charge in [-0.25, -0.2) is 8.78 Å². The number of ether oxygens (including phenoxy) is 1. The number of amides is 1. The van der Waals surface area contributed by atoms with Crippen molar-refractivity contribution in [2.45, 2.75) is 0 Å². The zero-order valence-corrected chi connectivity index (χ0v) is 10.8. The molecule has 0 aliphatic carbocycles. The first-order valence-electron chi connectivity index (χ1n) is 5.96. The van der Waals surface area contributed by atoms with E-state index in [1.807, 2.05) is 6.07 Å². The van der Waals surface area contributed by atoms with E-state index in [-0.39, 0.29) is 12.2 Å². The molecule has 1 N–H and O–H groups in total. The average molecular weight is 288 g/mol. The molecule has 0 unspecified atom stereocenters. The Bertz CT molecular complexity index is 691. The Morgan fingerprint density at radius 2 is 1.86 bits per heavy atom. The number of halogens is 2. The highest BCUT2D eigenvalue weighted by molar-refractivity contribution is 6.05. The molecule has 0 fully saturated rings. The summed E-state index contributed by atoms with van der Waals surface area (Å²) < 4.78 is 31.3.